The second-order valence-corrected chi connectivity index (χ2v) is 6.91. The van der Waals surface area contributed by atoms with Crippen LogP contribution in [0.15, 0.2) is 71.6 Å². The summed E-state index contributed by atoms with van der Waals surface area (Å²) in [6.45, 7) is 2.02. The molecule has 3 rings (SSSR count). The first kappa shape index (κ1) is 16.4. The van der Waals surface area contributed by atoms with Crippen LogP contribution in [0.3, 0.4) is 0 Å². The largest absolute Gasteiger partial charge is 0.399 e. The minimum atomic E-state index is -0.139. The highest BCUT2D eigenvalue weighted by Gasteiger charge is 2.18. The molecule has 0 saturated carbocycles. The Bertz CT molecular complexity index is 846. The van der Waals surface area contributed by atoms with E-state index in [9.17, 15) is 4.79 Å². The summed E-state index contributed by atoms with van der Waals surface area (Å²) in [7, 11) is 0. The molecule has 1 unspecified atom stereocenters. The molecule has 4 heteroatoms. The highest BCUT2D eigenvalue weighted by atomic mass is 32.2. The Morgan fingerprint density at radius 1 is 1.04 bits per heavy atom. The van der Waals surface area contributed by atoms with Gasteiger partial charge in [0, 0.05) is 16.3 Å². The Kier molecular flexibility index (Phi) is 5.06. The van der Waals surface area contributed by atoms with Gasteiger partial charge in [-0.2, -0.15) is 0 Å². The highest BCUT2D eigenvalue weighted by molar-refractivity contribution is 8.00. The average molecular weight is 336 g/mol. The minimum Gasteiger partial charge on any atom is -0.399 e. The molecule has 0 fully saturated rings. The third kappa shape index (κ3) is 3.89. The summed E-state index contributed by atoms with van der Waals surface area (Å²) in [6.07, 6.45) is 0.758. The van der Waals surface area contributed by atoms with Gasteiger partial charge in [-0.1, -0.05) is 37.3 Å². The van der Waals surface area contributed by atoms with Crippen LogP contribution in [0.1, 0.15) is 13.3 Å². The number of rotatable bonds is 5. The minimum absolute atomic E-state index is 0.0228. The van der Waals surface area contributed by atoms with E-state index in [1.807, 2.05) is 67.6 Å². The molecule has 1 atom stereocenters. The van der Waals surface area contributed by atoms with Gasteiger partial charge in [-0.3, -0.25) is 4.79 Å². The molecule has 3 aromatic carbocycles. The summed E-state index contributed by atoms with van der Waals surface area (Å²) < 4.78 is 0. The van der Waals surface area contributed by atoms with Crippen LogP contribution in [0, 0.1) is 0 Å². The summed E-state index contributed by atoms with van der Waals surface area (Å²) in [5.74, 6) is 0.0228. The zero-order chi connectivity index (χ0) is 16.9. The van der Waals surface area contributed by atoms with Gasteiger partial charge >= 0.3 is 0 Å². The van der Waals surface area contributed by atoms with Gasteiger partial charge in [0.2, 0.25) is 5.91 Å². The lowest BCUT2D eigenvalue weighted by atomic mass is 10.1. The van der Waals surface area contributed by atoms with E-state index in [1.54, 1.807) is 11.8 Å². The van der Waals surface area contributed by atoms with Crippen molar-refractivity contribution in [1.82, 2.24) is 0 Å². The normalized spacial score (nSPS) is 12.0. The van der Waals surface area contributed by atoms with Crippen LogP contribution in [0.5, 0.6) is 0 Å². The maximum Gasteiger partial charge on any atom is 0.237 e. The molecule has 0 spiro atoms. The van der Waals surface area contributed by atoms with Gasteiger partial charge < -0.3 is 11.1 Å². The second-order valence-electron chi connectivity index (χ2n) is 5.63. The Labute approximate surface area is 146 Å². The third-order valence-electron chi connectivity index (χ3n) is 3.84. The van der Waals surface area contributed by atoms with E-state index in [0.29, 0.717) is 0 Å². The van der Waals surface area contributed by atoms with Crippen molar-refractivity contribution < 1.29 is 4.79 Å². The molecule has 3 nitrogen and oxygen atoms in total. The van der Waals surface area contributed by atoms with Gasteiger partial charge in [0.05, 0.1) is 5.25 Å². The molecule has 0 aliphatic heterocycles. The molecule has 0 aliphatic rings. The van der Waals surface area contributed by atoms with Crippen molar-refractivity contribution in [3.63, 3.8) is 0 Å². The lowest BCUT2D eigenvalue weighted by Crippen LogP contribution is -2.24. The fourth-order valence-corrected chi connectivity index (χ4v) is 3.48. The quantitative estimate of drug-likeness (QED) is 0.513. The Morgan fingerprint density at radius 3 is 2.46 bits per heavy atom. The first-order valence-corrected chi connectivity index (χ1v) is 8.85. The van der Waals surface area contributed by atoms with Crippen LogP contribution >= 0.6 is 11.8 Å². The predicted molar refractivity (Wildman–Crippen MR) is 103 cm³/mol. The number of carbonyl (C=O) groups is 1. The number of amides is 1. The van der Waals surface area contributed by atoms with Crippen molar-refractivity contribution in [2.75, 3.05) is 11.1 Å². The van der Waals surface area contributed by atoms with E-state index >= 15 is 0 Å². The van der Waals surface area contributed by atoms with Gasteiger partial charge in [-0.15, -0.1) is 11.8 Å². The molecule has 0 radical (unpaired) electrons. The average Bonchev–Trinajstić information content (AvgIpc) is 2.61. The van der Waals surface area contributed by atoms with Crippen LogP contribution in [0.25, 0.3) is 10.8 Å². The predicted octanol–water partition coefficient (Wildman–Crippen LogP) is 4.93. The smallest absolute Gasteiger partial charge is 0.237 e. The number of hydrogen-bond acceptors (Lipinski definition) is 3. The number of benzene rings is 3. The molecule has 0 saturated heterocycles. The molecule has 24 heavy (non-hydrogen) atoms. The standard InChI is InChI=1S/C20H20N2OS/c1-2-19(24-18-11-8-16(21)9-12-18)20(23)22-17-10-7-14-5-3-4-6-15(14)13-17/h3-13,19H,2,21H2,1H3,(H,22,23). The molecule has 122 valence electrons. The zero-order valence-corrected chi connectivity index (χ0v) is 14.3. The number of thioether (sulfide) groups is 1. The van der Waals surface area contributed by atoms with Crippen molar-refractivity contribution in [3.8, 4) is 0 Å². The van der Waals surface area contributed by atoms with Crippen LogP contribution in [0.2, 0.25) is 0 Å². The second kappa shape index (κ2) is 7.41. The van der Waals surface area contributed by atoms with E-state index in [0.717, 1.165) is 28.1 Å². The SMILES string of the molecule is CCC(Sc1ccc(N)cc1)C(=O)Nc1ccc2ccccc2c1. The molecule has 0 aromatic heterocycles. The van der Waals surface area contributed by atoms with Gasteiger partial charge in [0.1, 0.15) is 0 Å². The molecule has 3 N–H and O–H groups in total. The van der Waals surface area contributed by atoms with Gasteiger partial charge in [0.15, 0.2) is 0 Å². The van der Waals surface area contributed by atoms with Crippen LogP contribution in [-0.2, 0) is 4.79 Å². The molecular weight excluding hydrogens is 316 g/mol. The van der Waals surface area contributed by atoms with Gasteiger partial charge in [0.25, 0.3) is 0 Å². The van der Waals surface area contributed by atoms with Crippen molar-refractivity contribution in [2.24, 2.45) is 0 Å². The summed E-state index contributed by atoms with van der Waals surface area (Å²) in [4.78, 5) is 13.6. The number of nitrogens with one attached hydrogen (secondary N) is 1. The van der Waals surface area contributed by atoms with Crippen LogP contribution in [0.4, 0.5) is 11.4 Å². The van der Waals surface area contributed by atoms with Crippen LogP contribution in [-0.4, -0.2) is 11.2 Å². The summed E-state index contributed by atoms with van der Waals surface area (Å²) in [5, 5.41) is 5.18. The molecule has 0 aliphatic carbocycles. The first-order valence-electron chi connectivity index (χ1n) is 7.97. The maximum absolute atomic E-state index is 12.6. The number of nitrogens with two attached hydrogens (primary N) is 1. The zero-order valence-electron chi connectivity index (χ0n) is 13.5. The van der Waals surface area contributed by atoms with Gasteiger partial charge in [-0.05, 0) is 53.6 Å². The third-order valence-corrected chi connectivity index (χ3v) is 5.21. The number of anilines is 2. The van der Waals surface area contributed by atoms with Crippen molar-refractivity contribution in [3.05, 3.63) is 66.7 Å². The van der Waals surface area contributed by atoms with E-state index in [-0.39, 0.29) is 11.2 Å². The van der Waals surface area contributed by atoms with Gasteiger partial charge in [-0.25, -0.2) is 0 Å². The fourth-order valence-electron chi connectivity index (χ4n) is 2.52. The maximum atomic E-state index is 12.6. The molecule has 3 aromatic rings. The van der Waals surface area contributed by atoms with Crippen LogP contribution < -0.4 is 11.1 Å². The highest BCUT2D eigenvalue weighted by Crippen LogP contribution is 2.27. The molecular formula is C20H20N2OS. The lowest BCUT2D eigenvalue weighted by Gasteiger charge is -2.15. The van der Waals surface area contributed by atoms with Crippen molar-refractivity contribution in [1.29, 1.82) is 0 Å². The van der Waals surface area contributed by atoms with Crippen molar-refractivity contribution >= 4 is 39.8 Å². The molecule has 0 heterocycles. The van der Waals surface area contributed by atoms with Crippen molar-refractivity contribution in [2.45, 2.75) is 23.5 Å². The lowest BCUT2D eigenvalue weighted by molar-refractivity contribution is -0.115. The monoisotopic (exact) mass is 336 g/mol. The molecule has 1 amide bonds. The number of hydrogen-bond donors (Lipinski definition) is 2. The Hall–Kier alpha value is -2.46. The first-order chi connectivity index (χ1) is 11.7. The summed E-state index contributed by atoms with van der Waals surface area (Å²) in [6, 6.07) is 21.7. The Balaban J connectivity index is 1.72. The topological polar surface area (TPSA) is 55.1 Å². The summed E-state index contributed by atoms with van der Waals surface area (Å²) >= 11 is 1.56. The van der Waals surface area contributed by atoms with E-state index < -0.39 is 0 Å². The van der Waals surface area contributed by atoms with E-state index in [4.69, 9.17) is 5.73 Å². The number of fused-ring (bicyclic) bond motifs is 1. The fraction of sp³-hybridized carbons (Fsp3) is 0.150. The number of carbonyl (C=O) groups excluding carboxylic acids is 1. The molecule has 0 bridgehead atoms. The summed E-state index contributed by atoms with van der Waals surface area (Å²) in [5.41, 5.74) is 7.27. The van der Waals surface area contributed by atoms with E-state index in [2.05, 4.69) is 11.4 Å². The number of nitrogen functional groups attached to an aromatic ring is 1. The van der Waals surface area contributed by atoms with E-state index in [1.165, 1.54) is 5.39 Å². The Morgan fingerprint density at radius 2 is 1.75 bits per heavy atom.